The van der Waals surface area contributed by atoms with Gasteiger partial charge in [-0.2, -0.15) is 0 Å². The zero-order valence-electron chi connectivity index (χ0n) is 9.20. The van der Waals surface area contributed by atoms with Crippen LogP contribution in [0.5, 0.6) is 0 Å². The van der Waals surface area contributed by atoms with Gasteiger partial charge in [0, 0.05) is 20.2 Å². The molecule has 0 amide bonds. The summed E-state index contributed by atoms with van der Waals surface area (Å²) in [7, 11) is 3.61. The molecular formula is C10H22N2O2. The second kappa shape index (κ2) is 6.35. The van der Waals surface area contributed by atoms with E-state index in [1.165, 1.54) is 6.42 Å². The number of likely N-dealkylation sites (tertiary alicyclic amines) is 1. The van der Waals surface area contributed by atoms with Crippen LogP contribution in [0.25, 0.3) is 0 Å². The van der Waals surface area contributed by atoms with Gasteiger partial charge in [-0.05, 0) is 32.5 Å². The Bertz CT molecular complexity index is 155. The Balaban J connectivity index is 2.15. The van der Waals surface area contributed by atoms with Gasteiger partial charge in [-0.15, -0.1) is 0 Å². The number of methoxy groups -OCH3 is 1. The number of nitrogens with one attached hydrogen (secondary N) is 1. The lowest BCUT2D eigenvalue weighted by molar-refractivity contribution is 0.0421. The van der Waals surface area contributed by atoms with Crippen molar-refractivity contribution in [2.75, 3.05) is 46.9 Å². The molecule has 1 heterocycles. The predicted molar refractivity (Wildman–Crippen MR) is 56.4 cm³/mol. The SMILES string of the molecule is CNCC1CCN(CC(O)COC)C1. The Labute approximate surface area is 86.2 Å². The van der Waals surface area contributed by atoms with Gasteiger partial charge in [0.25, 0.3) is 0 Å². The van der Waals surface area contributed by atoms with Crippen molar-refractivity contribution in [2.45, 2.75) is 12.5 Å². The summed E-state index contributed by atoms with van der Waals surface area (Å²) in [6.45, 7) is 4.47. The van der Waals surface area contributed by atoms with Crippen LogP contribution in [0.1, 0.15) is 6.42 Å². The molecule has 1 aliphatic rings. The number of ether oxygens (including phenoxy) is 1. The molecule has 0 bridgehead atoms. The van der Waals surface area contributed by atoms with Crippen LogP contribution in [0, 0.1) is 5.92 Å². The fourth-order valence-electron chi connectivity index (χ4n) is 2.08. The smallest absolute Gasteiger partial charge is 0.0900 e. The summed E-state index contributed by atoms with van der Waals surface area (Å²) in [6, 6.07) is 0. The first-order valence-corrected chi connectivity index (χ1v) is 5.30. The second-order valence-corrected chi connectivity index (χ2v) is 4.08. The zero-order chi connectivity index (χ0) is 10.4. The third-order valence-corrected chi connectivity index (χ3v) is 2.69. The summed E-state index contributed by atoms with van der Waals surface area (Å²) in [6.07, 6.45) is 0.897. The third kappa shape index (κ3) is 3.92. The molecule has 4 nitrogen and oxygen atoms in total. The minimum atomic E-state index is -0.340. The van der Waals surface area contributed by atoms with Gasteiger partial charge in [0.15, 0.2) is 0 Å². The van der Waals surface area contributed by atoms with Crippen molar-refractivity contribution in [3.63, 3.8) is 0 Å². The highest BCUT2D eigenvalue weighted by Gasteiger charge is 2.23. The Morgan fingerprint density at radius 1 is 1.64 bits per heavy atom. The average Bonchev–Trinajstić information content (AvgIpc) is 2.53. The molecule has 0 aromatic carbocycles. The molecule has 1 rings (SSSR count). The van der Waals surface area contributed by atoms with Gasteiger partial charge in [0.05, 0.1) is 12.7 Å². The maximum Gasteiger partial charge on any atom is 0.0900 e. The van der Waals surface area contributed by atoms with E-state index in [9.17, 15) is 5.11 Å². The van der Waals surface area contributed by atoms with Crippen LogP contribution in [0.3, 0.4) is 0 Å². The van der Waals surface area contributed by atoms with E-state index in [4.69, 9.17) is 4.74 Å². The van der Waals surface area contributed by atoms with Gasteiger partial charge < -0.3 is 20.1 Å². The van der Waals surface area contributed by atoms with Crippen LogP contribution < -0.4 is 5.32 Å². The highest BCUT2D eigenvalue weighted by atomic mass is 16.5. The van der Waals surface area contributed by atoms with Crippen molar-refractivity contribution in [3.8, 4) is 0 Å². The van der Waals surface area contributed by atoms with Crippen LogP contribution in [0.4, 0.5) is 0 Å². The second-order valence-electron chi connectivity index (χ2n) is 4.08. The van der Waals surface area contributed by atoms with Crippen molar-refractivity contribution in [1.82, 2.24) is 10.2 Å². The van der Waals surface area contributed by atoms with Gasteiger partial charge in [-0.1, -0.05) is 0 Å². The first-order valence-electron chi connectivity index (χ1n) is 5.30. The standard InChI is InChI=1S/C10H22N2O2/c1-11-5-9-3-4-12(6-9)7-10(13)8-14-2/h9-11,13H,3-8H2,1-2H3. The number of β-amino-alcohol motifs (C(OH)–C–C–N with tert-alkyl or cyclic N) is 1. The number of hydrogen-bond acceptors (Lipinski definition) is 4. The number of aliphatic hydroxyl groups is 1. The summed E-state index contributed by atoms with van der Waals surface area (Å²) < 4.78 is 4.90. The molecule has 1 fully saturated rings. The molecule has 2 atom stereocenters. The molecule has 1 saturated heterocycles. The van der Waals surface area contributed by atoms with E-state index in [1.54, 1.807) is 7.11 Å². The maximum absolute atomic E-state index is 9.54. The van der Waals surface area contributed by atoms with Crippen LogP contribution in [-0.2, 0) is 4.74 Å². The van der Waals surface area contributed by atoms with Gasteiger partial charge in [0.2, 0.25) is 0 Å². The summed E-state index contributed by atoms with van der Waals surface area (Å²) >= 11 is 0. The normalized spacial score (nSPS) is 25.5. The minimum Gasteiger partial charge on any atom is -0.389 e. The Morgan fingerprint density at radius 3 is 3.07 bits per heavy atom. The molecular weight excluding hydrogens is 180 g/mol. The number of nitrogens with zero attached hydrogens (tertiary/aromatic N) is 1. The predicted octanol–water partition coefficient (Wildman–Crippen LogP) is -0.465. The summed E-state index contributed by atoms with van der Waals surface area (Å²) in [5, 5.41) is 12.7. The van der Waals surface area contributed by atoms with Gasteiger partial charge in [0.1, 0.15) is 0 Å². The monoisotopic (exact) mass is 202 g/mol. The lowest BCUT2D eigenvalue weighted by Gasteiger charge is -2.19. The number of hydrogen-bond donors (Lipinski definition) is 2. The molecule has 2 unspecified atom stereocenters. The highest BCUT2D eigenvalue weighted by Crippen LogP contribution is 2.15. The molecule has 84 valence electrons. The maximum atomic E-state index is 9.54. The number of aliphatic hydroxyl groups excluding tert-OH is 1. The van der Waals surface area contributed by atoms with E-state index in [2.05, 4.69) is 10.2 Å². The largest absolute Gasteiger partial charge is 0.389 e. The molecule has 0 aromatic rings. The fraction of sp³-hybridized carbons (Fsp3) is 1.00. The zero-order valence-corrected chi connectivity index (χ0v) is 9.20. The Kier molecular flexibility index (Phi) is 5.40. The quantitative estimate of drug-likeness (QED) is 0.611. The van der Waals surface area contributed by atoms with E-state index in [-0.39, 0.29) is 6.10 Å². The van der Waals surface area contributed by atoms with Crippen LogP contribution in [-0.4, -0.2) is 63.1 Å². The molecule has 1 aliphatic heterocycles. The van der Waals surface area contributed by atoms with Gasteiger partial charge in [-0.25, -0.2) is 0 Å². The van der Waals surface area contributed by atoms with E-state index < -0.39 is 0 Å². The molecule has 0 aliphatic carbocycles. The lowest BCUT2D eigenvalue weighted by Crippen LogP contribution is -2.34. The molecule has 4 heteroatoms. The van der Waals surface area contributed by atoms with Crippen molar-refractivity contribution in [2.24, 2.45) is 5.92 Å². The third-order valence-electron chi connectivity index (χ3n) is 2.69. The van der Waals surface area contributed by atoms with E-state index in [1.807, 2.05) is 7.05 Å². The molecule has 2 N–H and O–H groups in total. The molecule has 14 heavy (non-hydrogen) atoms. The van der Waals surface area contributed by atoms with Crippen molar-refractivity contribution in [1.29, 1.82) is 0 Å². The minimum absolute atomic E-state index is 0.340. The Morgan fingerprint density at radius 2 is 2.43 bits per heavy atom. The molecule has 0 aromatic heterocycles. The fourth-order valence-corrected chi connectivity index (χ4v) is 2.08. The topological polar surface area (TPSA) is 44.7 Å². The van der Waals surface area contributed by atoms with Crippen molar-refractivity contribution >= 4 is 0 Å². The highest BCUT2D eigenvalue weighted by molar-refractivity contribution is 4.78. The first-order chi connectivity index (χ1) is 6.76. The number of rotatable bonds is 6. The van der Waals surface area contributed by atoms with E-state index in [0.717, 1.165) is 32.1 Å². The first kappa shape index (κ1) is 11.9. The van der Waals surface area contributed by atoms with Crippen molar-refractivity contribution < 1.29 is 9.84 Å². The van der Waals surface area contributed by atoms with E-state index in [0.29, 0.717) is 6.61 Å². The summed E-state index contributed by atoms with van der Waals surface area (Å²) in [4.78, 5) is 2.31. The summed E-state index contributed by atoms with van der Waals surface area (Å²) in [5.74, 6) is 0.745. The average molecular weight is 202 g/mol. The molecule has 0 radical (unpaired) electrons. The van der Waals surface area contributed by atoms with E-state index >= 15 is 0 Å². The van der Waals surface area contributed by atoms with Crippen LogP contribution in [0.15, 0.2) is 0 Å². The van der Waals surface area contributed by atoms with Gasteiger partial charge in [-0.3, -0.25) is 0 Å². The van der Waals surface area contributed by atoms with Gasteiger partial charge >= 0.3 is 0 Å². The Hall–Kier alpha value is -0.160. The lowest BCUT2D eigenvalue weighted by atomic mass is 10.1. The van der Waals surface area contributed by atoms with Crippen LogP contribution >= 0.6 is 0 Å². The van der Waals surface area contributed by atoms with Crippen LogP contribution in [0.2, 0.25) is 0 Å². The van der Waals surface area contributed by atoms with Crippen molar-refractivity contribution in [3.05, 3.63) is 0 Å². The molecule has 0 spiro atoms. The summed E-state index contributed by atoms with van der Waals surface area (Å²) in [5.41, 5.74) is 0. The molecule has 0 saturated carbocycles.